The zero-order chi connectivity index (χ0) is 20.4. The second-order valence-electron chi connectivity index (χ2n) is 10.8. The number of rotatable bonds is 1. The number of benzene rings is 1. The lowest BCUT2D eigenvalue weighted by Gasteiger charge is -2.59. The van der Waals surface area contributed by atoms with E-state index in [9.17, 15) is 9.90 Å². The number of aliphatic hydroxyl groups excluding tert-OH is 1. The summed E-state index contributed by atoms with van der Waals surface area (Å²) in [7, 11) is 0. The Hall–Kier alpha value is -1.12. The average molecular weight is 413 g/mol. The van der Waals surface area contributed by atoms with Gasteiger partial charge < -0.3 is 5.11 Å². The molecule has 1 aromatic carbocycles. The third kappa shape index (κ3) is 2.97. The lowest BCUT2D eigenvalue weighted by molar-refractivity contribution is -0.141. The fourth-order valence-corrected chi connectivity index (χ4v) is 8.01. The van der Waals surface area contributed by atoms with Gasteiger partial charge in [0.05, 0.1) is 6.10 Å². The molecule has 4 fully saturated rings. The van der Waals surface area contributed by atoms with E-state index in [0.717, 1.165) is 48.3 Å². The molecule has 0 amide bonds. The van der Waals surface area contributed by atoms with Crippen molar-refractivity contribution >= 4 is 23.5 Å². The molecule has 156 valence electrons. The summed E-state index contributed by atoms with van der Waals surface area (Å²) in [4.78, 5) is 13.5. The van der Waals surface area contributed by atoms with E-state index < -0.39 is 0 Å². The van der Waals surface area contributed by atoms with E-state index in [0.29, 0.717) is 34.9 Å². The van der Waals surface area contributed by atoms with Crippen LogP contribution in [0.3, 0.4) is 0 Å². The lowest BCUT2D eigenvalue weighted by Crippen LogP contribution is -2.54. The van der Waals surface area contributed by atoms with E-state index in [1.807, 2.05) is 24.3 Å². The first-order valence-electron chi connectivity index (χ1n) is 11.5. The largest absolute Gasteiger partial charge is 0.393 e. The number of fused-ring (bicyclic) bond motifs is 5. The molecular formula is C26H33ClO2. The molecule has 5 rings (SSSR count). The first-order valence-corrected chi connectivity index (χ1v) is 11.9. The van der Waals surface area contributed by atoms with Gasteiger partial charge in [-0.25, -0.2) is 0 Å². The Labute approximate surface area is 179 Å². The summed E-state index contributed by atoms with van der Waals surface area (Å²) in [5.41, 5.74) is 2.10. The van der Waals surface area contributed by atoms with Crippen molar-refractivity contribution in [3.05, 3.63) is 40.4 Å². The van der Waals surface area contributed by atoms with E-state index >= 15 is 0 Å². The summed E-state index contributed by atoms with van der Waals surface area (Å²) in [6.45, 7) is 4.74. The van der Waals surface area contributed by atoms with Crippen LogP contribution in [-0.2, 0) is 4.79 Å². The molecular weight excluding hydrogens is 380 g/mol. The van der Waals surface area contributed by atoms with E-state index in [4.69, 9.17) is 11.6 Å². The number of allylic oxidation sites excluding steroid dienone is 1. The molecule has 1 N–H and O–H groups in total. The summed E-state index contributed by atoms with van der Waals surface area (Å²) < 4.78 is 0. The molecule has 1 aromatic rings. The van der Waals surface area contributed by atoms with Gasteiger partial charge in [0.15, 0.2) is 5.78 Å². The Balaban J connectivity index is 1.46. The van der Waals surface area contributed by atoms with Crippen LogP contribution in [0.1, 0.15) is 70.8 Å². The molecule has 0 spiro atoms. The van der Waals surface area contributed by atoms with Crippen LogP contribution in [0.2, 0.25) is 5.02 Å². The Kier molecular flexibility index (Phi) is 4.75. The number of carbonyl (C=O) groups excluding carboxylic acids is 1. The van der Waals surface area contributed by atoms with Crippen molar-refractivity contribution in [2.75, 3.05) is 0 Å². The van der Waals surface area contributed by atoms with Crippen LogP contribution in [0.5, 0.6) is 0 Å². The van der Waals surface area contributed by atoms with Crippen molar-refractivity contribution in [1.29, 1.82) is 0 Å². The highest BCUT2D eigenvalue weighted by molar-refractivity contribution is 6.32. The molecule has 7 atom stereocenters. The Bertz CT molecular complexity index is 860. The van der Waals surface area contributed by atoms with Crippen LogP contribution < -0.4 is 0 Å². The molecule has 0 unspecified atom stereocenters. The fraction of sp³-hybridized carbons (Fsp3) is 0.654. The second-order valence-corrected chi connectivity index (χ2v) is 11.2. The van der Waals surface area contributed by atoms with Gasteiger partial charge in [-0.2, -0.15) is 0 Å². The zero-order valence-corrected chi connectivity index (χ0v) is 18.4. The lowest BCUT2D eigenvalue weighted by atomic mass is 9.45. The van der Waals surface area contributed by atoms with Crippen molar-refractivity contribution < 1.29 is 9.90 Å². The molecule has 3 heteroatoms. The molecule has 0 aromatic heterocycles. The third-order valence-corrected chi connectivity index (χ3v) is 9.86. The Morgan fingerprint density at radius 3 is 2.66 bits per heavy atom. The predicted molar refractivity (Wildman–Crippen MR) is 118 cm³/mol. The van der Waals surface area contributed by atoms with Crippen molar-refractivity contribution in [2.24, 2.45) is 34.5 Å². The highest BCUT2D eigenvalue weighted by Gasteiger charge is 2.61. The number of aliphatic hydroxyl groups is 1. The van der Waals surface area contributed by atoms with E-state index in [2.05, 4.69) is 19.9 Å². The van der Waals surface area contributed by atoms with Crippen molar-refractivity contribution in [2.45, 2.75) is 71.3 Å². The maximum Gasteiger partial charge on any atom is 0.165 e. The SMILES string of the molecule is C[C@]12CC[C@H](O)C[C@H]1CC[C@@H]1[C@@H]2CC[C@]2(C)C(=O)/C(=C/c3ccccc3Cl)C[C@@H]12. The number of ketones is 1. The number of Topliss-reactive ketones (excluding diaryl/α,β-unsaturated/α-hetero) is 1. The first kappa shape index (κ1) is 19.8. The van der Waals surface area contributed by atoms with Gasteiger partial charge in [0.2, 0.25) is 0 Å². The molecule has 4 aliphatic rings. The summed E-state index contributed by atoms with van der Waals surface area (Å²) in [5.74, 6) is 2.84. The summed E-state index contributed by atoms with van der Waals surface area (Å²) in [6, 6.07) is 7.84. The van der Waals surface area contributed by atoms with E-state index in [1.165, 1.54) is 19.3 Å². The van der Waals surface area contributed by atoms with Gasteiger partial charge in [-0.05, 0) is 104 Å². The number of carbonyl (C=O) groups is 1. The number of hydrogen-bond donors (Lipinski definition) is 1. The van der Waals surface area contributed by atoms with Crippen LogP contribution in [-0.4, -0.2) is 17.0 Å². The zero-order valence-electron chi connectivity index (χ0n) is 17.7. The third-order valence-electron chi connectivity index (χ3n) is 9.51. The number of hydrogen-bond acceptors (Lipinski definition) is 2. The average Bonchev–Trinajstić information content (AvgIpc) is 2.95. The maximum absolute atomic E-state index is 13.5. The topological polar surface area (TPSA) is 37.3 Å². The smallest absolute Gasteiger partial charge is 0.165 e. The van der Waals surface area contributed by atoms with Gasteiger partial charge in [0.25, 0.3) is 0 Å². The van der Waals surface area contributed by atoms with Gasteiger partial charge in [0.1, 0.15) is 0 Å². The molecule has 4 aliphatic carbocycles. The monoisotopic (exact) mass is 412 g/mol. The second kappa shape index (κ2) is 6.95. The summed E-state index contributed by atoms with van der Waals surface area (Å²) in [6.07, 6.45) is 10.6. The minimum Gasteiger partial charge on any atom is -0.393 e. The minimum atomic E-state index is -0.203. The van der Waals surface area contributed by atoms with E-state index in [-0.39, 0.29) is 11.5 Å². The van der Waals surface area contributed by atoms with Crippen LogP contribution in [0.4, 0.5) is 0 Å². The van der Waals surface area contributed by atoms with Gasteiger partial charge in [-0.3, -0.25) is 4.79 Å². The van der Waals surface area contributed by atoms with Crippen LogP contribution in [0.15, 0.2) is 29.8 Å². The predicted octanol–water partition coefficient (Wildman–Crippen LogP) is 6.31. The quantitative estimate of drug-likeness (QED) is 0.549. The first-order chi connectivity index (χ1) is 13.8. The van der Waals surface area contributed by atoms with Gasteiger partial charge >= 0.3 is 0 Å². The number of halogens is 1. The minimum absolute atomic E-state index is 0.100. The van der Waals surface area contributed by atoms with Gasteiger partial charge in [-0.1, -0.05) is 43.6 Å². The molecule has 0 heterocycles. The molecule has 0 bridgehead atoms. The van der Waals surface area contributed by atoms with Crippen molar-refractivity contribution in [3.63, 3.8) is 0 Å². The maximum atomic E-state index is 13.5. The highest BCUT2D eigenvalue weighted by atomic mass is 35.5. The molecule has 0 saturated heterocycles. The Morgan fingerprint density at radius 2 is 1.86 bits per heavy atom. The normalized spacial score (nSPS) is 45.6. The summed E-state index contributed by atoms with van der Waals surface area (Å²) in [5, 5.41) is 10.9. The molecule has 29 heavy (non-hydrogen) atoms. The van der Waals surface area contributed by atoms with Crippen LogP contribution >= 0.6 is 11.6 Å². The molecule has 2 nitrogen and oxygen atoms in total. The van der Waals surface area contributed by atoms with Gasteiger partial charge in [-0.15, -0.1) is 0 Å². The highest BCUT2D eigenvalue weighted by Crippen LogP contribution is 2.66. The summed E-state index contributed by atoms with van der Waals surface area (Å²) >= 11 is 6.38. The van der Waals surface area contributed by atoms with Gasteiger partial charge in [0, 0.05) is 10.4 Å². The Morgan fingerprint density at radius 1 is 1.07 bits per heavy atom. The standard InChI is InChI=1S/C26H33ClO2/c1-25-11-9-19(28)15-18(25)7-8-20-21(25)10-12-26(2)22(20)14-17(24(26)29)13-16-5-3-4-6-23(16)27/h3-6,13,18-22,28H,7-12,14-15H2,1-2H3/b17-13+/t18-,19+,20-,21+,22+,25+,26+/m1/s1. The van der Waals surface area contributed by atoms with Crippen molar-refractivity contribution in [1.82, 2.24) is 0 Å². The molecule has 0 radical (unpaired) electrons. The fourth-order valence-electron chi connectivity index (χ4n) is 7.81. The van der Waals surface area contributed by atoms with Crippen LogP contribution in [0, 0.1) is 34.5 Å². The molecule has 4 saturated carbocycles. The van der Waals surface area contributed by atoms with Crippen molar-refractivity contribution in [3.8, 4) is 0 Å². The van der Waals surface area contributed by atoms with Crippen LogP contribution in [0.25, 0.3) is 6.08 Å². The molecule has 0 aliphatic heterocycles. The van der Waals surface area contributed by atoms with E-state index in [1.54, 1.807) is 0 Å².